The Morgan fingerprint density at radius 3 is 2.54 bits per heavy atom. The van der Waals surface area contributed by atoms with Crippen LogP contribution in [0.25, 0.3) is 0 Å². The zero-order chi connectivity index (χ0) is 20.4. The van der Waals surface area contributed by atoms with Gasteiger partial charge in [-0.1, -0.05) is 31.0 Å². The second-order valence-electron chi connectivity index (χ2n) is 6.71. The Kier molecular flexibility index (Phi) is 8.41. The fourth-order valence-electron chi connectivity index (χ4n) is 2.97. The second kappa shape index (κ2) is 11.0. The van der Waals surface area contributed by atoms with Crippen molar-refractivity contribution in [2.24, 2.45) is 0 Å². The first-order valence-corrected chi connectivity index (χ1v) is 9.38. The Morgan fingerprint density at radius 1 is 1.14 bits per heavy atom. The third-order valence-corrected chi connectivity index (χ3v) is 4.51. The number of anilines is 1. The maximum absolute atomic E-state index is 12.6. The van der Waals surface area contributed by atoms with Crippen molar-refractivity contribution >= 4 is 29.3 Å². The van der Waals surface area contributed by atoms with Crippen LogP contribution in [-0.4, -0.2) is 40.9 Å². The summed E-state index contributed by atoms with van der Waals surface area (Å²) < 4.78 is 0. The highest BCUT2D eigenvalue weighted by Crippen LogP contribution is 2.12. The smallest absolute Gasteiger partial charge is 0.246 e. The topological polar surface area (TPSA) is 137 Å². The number of rotatable bonds is 10. The first-order chi connectivity index (χ1) is 13.5. The molecule has 0 aliphatic carbocycles. The summed E-state index contributed by atoms with van der Waals surface area (Å²) in [6.07, 6.45) is 3.14. The molecule has 0 spiro atoms. The summed E-state index contributed by atoms with van der Waals surface area (Å²) in [5.41, 5.74) is 2.20. The van der Waals surface area contributed by atoms with Gasteiger partial charge in [-0.25, -0.2) is 5.48 Å². The molecule has 1 fully saturated rings. The molecule has 0 aromatic heterocycles. The molecule has 0 saturated carbocycles. The highest BCUT2D eigenvalue weighted by atomic mass is 16.5. The molecule has 1 heterocycles. The average molecular weight is 390 g/mol. The highest BCUT2D eigenvalue weighted by molar-refractivity contribution is 5.99. The van der Waals surface area contributed by atoms with E-state index in [1.807, 2.05) is 6.07 Å². The van der Waals surface area contributed by atoms with Gasteiger partial charge in [0.05, 0.1) is 0 Å². The summed E-state index contributed by atoms with van der Waals surface area (Å²) in [5, 5.41) is 16.6. The summed E-state index contributed by atoms with van der Waals surface area (Å²) in [6.45, 7) is 0. The van der Waals surface area contributed by atoms with Crippen molar-refractivity contribution in [2.75, 3.05) is 5.32 Å². The van der Waals surface area contributed by atoms with Gasteiger partial charge in [-0.05, 0) is 31.4 Å². The zero-order valence-electron chi connectivity index (χ0n) is 15.6. The summed E-state index contributed by atoms with van der Waals surface area (Å²) in [4.78, 5) is 47.4. The van der Waals surface area contributed by atoms with Crippen LogP contribution in [0.15, 0.2) is 30.3 Å². The number of unbranched alkanes of at least 4 members (excludes halogenated alkanes) is 2. The van der Waals surface area contributed by atoms with Crippen LogP contribution >= 0.6 is 0 Å². The molecule has 2 rings (SSSR count). The Balaban J connectivity index is 1.90. The minimum absolute atomic E-state index is 0.174. The Labute approximate surface area is 163 Å². The molecule has 9 heteroatoms. The Hall–Kier alpha value is -2.94. The van der Waals surface area contributed by atoms with Crippen molar-refractivity contribution in [2.45, 2.75) is 57.0 Å². The number of para-hydroxylation sites is 1. The van der Waals surface area contributed by atoms with E-state index in [0.717, 1.165) is 0 Å². The molecule has 5 N–H and O–H groups in total. The summed E-state index contributed by atoms with van der Waals surface area (Å²) >= 11 is 0. The maximum atomic E-state index is 12.6. The monoisotopic (exact) mass is 390 g/mol. The molecular weight excluding hydrogens is 364 g/mol. The minimum atomic E-state index is -0.753. The van der Waals surface area contributed by atoms with Crippen molar-refractivity contribution < 1.29 is 24.4 Å². The molecule has 1 aliphatic rings. The first-order valence-electron chi connectivity index (χ1n) is 9.38. The third-order valence-electron chi connectivity index (χ3n) is 4.51. The van der Waals surface area contributed by atoms with Gasteiger partial charge >= 0.3 is 0 Å². The molecule has 0 radical (unpaired) electrons. The standard InChI is InChI=1S/C19H26N4O5/c24-16-12-11-15(21-16)19(27)22-14(9-5-2-6-10-17(25)23-28)18(26)20-13-7-3-1-4-8-13/h1,3-4,7-8,14-15,28H,2,5-6,9-12H2,(H,20,26)(H,21,24)(H,22,27)(H,23,25)/t14-,15+/m0/s1. The van der Waals surface area contributed by atoms with E-state index < -0.39 is 18.0 Å². The van der Waals surface area contributed by atoms with E-state index in [1.165, 1.54) is 0 Å². The van der Waals surface area contributed by atoms with Gasteiger partial charge in [-0.15, -0.1) is 0 Å². The molecule has 1 aliphatic heterocycles. The van der Waals surface area contributed by atoms with Gasteiger partial charge in [0, 0.05) is 18.5 Å². The van der Waals surface area contributed by atoms with E-state index in [4.69, 9.17) is 5.21 Å². The van der Waals surface area contributed by atoms with Gasteiger partial charge in [0.15, 0.2) is 0 Å². The zero-order valence-corrected chi connectivity index (χ0v) is 15.6. The highest BCUT2D eigenvalue weighted by Gasteiger charge is 2.30. The number of hydroxylamine groups is 1. The van der Waals surface area contributed by atoms with Crippen LogP contribution < -0.4 is 21.4 Å². The number of hydrogen-bond donors (Lipinski definition) is 5. The SMILES string of the molecule is O=C(CCCCC[C@H](NC(=O)[C@H]1CCC(=O)N1)C(=O)Nc1ccccc1)NO. The van der Waals surface area contributed by atoms with E-state index in [1.54, 1.807) is 29.7 Å². The van der Waals surface area contributed by atoms with Crippen LogP contribution in [-0.2, 0) is 19.2 Å². The van der Waals surface area contributed by atoms with Gasteiger partial charge in [-0.2, -0.15) is 0 Å². The quantitative estimate of drug-likeness (QED) is 0.229. The van der Waals surface area contributed by atoms with Crippen molar-refractivity contribution in [1.82, 2.24) is 16.1 Å². The number of benzene rings is 1. The van der Waals surface area contributed by atoms with Crippen LogP contribution in [0.4, 0.5) is 5.69 Å². The molecule has 4 amide bonds. The second-order valence-corrected chi connectivity index (χ2v) is 6.71. The van der Waals surface area contributed by atoms with Gasteiger partial charge in [-0.3, -0.25) is 24.4 Å². The van der Waals surface area contributed by atoms with Crippen LogP contribution in [0.3, 0.4) is 0 Å². The number of nitrogens with one attached hydrogen (secondary N) is 4. The number of amides is 4. The van der Waals surface area contributed by atoms with E-state index >= 15 is 0 Å². The largest absolute Gasteiger partial charge is 0.344 e. The van der Waals surface area contributed by atoms with Gasteiger partial charge in [0.25, 0.3) is 0 Å². The first kappa shape index (κ1) is 21.4. The van der Waals surface area contributed by atoms with Crippen molar-refractivity contribution in [1.29, 1.82) is 0 Å². The summed E-state index contributed by atoms with van der Waals surface area (Å²) in [7, 11) is 0. The summed E-state index contributed by atoms with van der Waals surface area (Å²) in [6, 6.07) is 7.56. The van der Waals surface area contributed by atoms with Crippen LogP contribution in [0.2, 0.25) is 0 Å². The van der Waals surface area contributed by atoms with Crippen molar-refractivity contribution in [3.05, 3.63) is 30.3 Å². The molecule has 1 aromatic carbocycles. The lowest BCUT2D eigenvalue weighted by Gasteiger charge is -2.20. The molecular formula is C19H26N4O5. The molecule has 0 bridgehead atoms. The molecule has 0 unspecified atom stereocenters. The number of carbonyl (C=O) groups excluding carboxylic acids is 4. The van der Waals surface area contributed by atoms with E-state index in [2.05, 4.69) is 16.0 Å². The van der Waals surface area contributed by atoms with Crippen molar-refractivity contribution in [3.63, 3.8) is 0 Å². The van der Waals surface area contributed by atoms with Gasteiger partial charge in [0.1, 0.15) is 12.1 Å². The van der Waals surface area contributed by atoms with Crippen LogP contribution in [0, 0.1) is 0 Å². The lowest BCUT2D eigenvalue weighted by molar-refractivity contribution is -0.129. The van der Waals surface area contributed by atoms with E-state index in [9.17, 15) is 19.2 Å². The number of hydrogen-bond acceptors (Lipinski definition) is 5. The van der Waals surface area contributed by atoms with Crippen molar-refractivity contribution in [3.8, 4) is 0 Å². The molecule has 28 heavy (non-hydrogen) atoms. The van der Waals surface area contributed by atoms with E-state index in [-0.39, 0.29) is 24.1 Å². The van der Waals surface area contributed by atoms with E-state index in [0.29, 0.717) is 44.2 Å². The average Bonchev–Trinajstić information content (AvgIpc) is 3.13. The van der Waals surface area contributed by atoms with Gasteiger partial charge < -0.3 is 16.0 Å². The van der Waals surface area contributed by atoms with Gasteiger partial charge in [0.2, 0.25) is 23.6 Å². The Morgan fingerprint density at radius 2 is 1.89 bits per heavy atom. The molecule has 2 atom stereocenters. The lowest BCUT2D eigenvalue weighted by atomic mass is 10.1. The minimum Gasteiger partial charge on any atom is -0.344 e. The molecule has 1 saturated heterocycles. The Bertz CT molecular complexity index is 695. The van der Waals surface area contributed by atoms with Crippen LogP contribution in [0.1, 0.15) is 44.9 Å². The molecule has 9 nitrogen and oxygen atoms in total. The fourth-order valence-corrected chi connectivity index (χ4v) is 2.97. The molecule has 1 aromatic rings. The maximum Gasteiger partial charge on any atom is 0.246 e. The number of carbonyl (C=O) groups is 4. The fraction of sp³-hybridized carbons (Fsp3) is 0.474. The third kappa shape index (κ3) is 6.99. The lowest BCUT2D eigenvalue weighted by Crippen LogP contribution is -2.50. The molecule has 152 valence electrons. The predicted molar refractivity (Wildman–Crippen MR) is 101 cm³/mol. The predicted octanol–water partition coefficient (Wildman–Crippen LogP) is 0.844. The summed E-state index contributed by atoms with van der Waals surface area (Å²) in [5.74, 6) is -1.34. The van der Waals surface area contributed by atoms with Crippen LogP contribution in [0.5, 0.6) is 0 Å². The normalized spacial score (nSPS) is 16.8.